The number of morpholine rings is 1. The van der Waals surface area contributed by atoms with E-state index in [1.165, 1.54) is 5.57 Å². The topological polar surface area (TPSA) is 51.0 Å². The quantitative estimate of drug-likeness (QED) is 0.441. The van der Waals surface area contributed by atoms with Crippen LogP contribution in [0.4, 0.5) is 5.69 Å². The molecule has 0 spiro atoms. The average Bonchev–Trinajstić information content (AvgIpc) is 3.04. The van der Waals surface area contributed by atoms with Crippen molar-refractivity contribution in [1.29, 1.82) is 0 Å². The van der Waals surface area contributed by atoms with Crippen molar-refractivity contribution >= 4 is 40.6 Å². The van der Waals surface area contributed by atoms with Crippen LogP contribution in [0.5, 0.6) is 0 Å². The van der Waals surface area contributed by atoms with E-state index in [0.29, 0.717) is 23.5 Å². The molecule has 178 valence electrons. The Morgan fingerprint density at radius 1 is 1.24 bits per heavy atom. The zero-order valence-electron chi connectivity index (χ0n) is 19.3. The summed E-state index contributed by atoms with van der Waals surface area (Å²) in [6.07, 6.45) is 11.0. The molecule has 7 heteroatoms. The molecule has 2 aliphatic heterocycles. The van der Waals surface area contributed by atoms with E-state index in [4.69, 9.17) is 39.0 Å². The molecule has 1 saturated heterocycles. The molecule has 3 atom stereocenters. The molecule has 0 bridgehead atoms. The molecule has 1 aromatic rings. The number of hydrogen-bond acceptors (Lipinski definition) is 5. The van der Waals surface area contributed by atoms with E-state index < -0.39 is 0 Å². The second-order valence-electron chi connectivity index (χ2n) is 9.03. The Kier molecular flexibility index (Phi) is 8.47. The SMILES string of the molecule is CC1C=C(OCCN2CCOCC2)C=CC1C1C=C(c2cc(Cl)ccc2N)CCCN1C=S. The Hall–Kier alpha value is -1.86. The number of rotatable bonds is 7. The molecule has 5 nitrogen and oxygen atoms in total. The van der Waals surface area contributed by atoms with E-state index in [1.807, 2.05) is 23.7 Å². The lowest BCUT2D eigenvalue weighted by molar-refractivity contribution is 0.0279. The standard InChI is InChI=1S/C26H34ClN3O2S/c1-19-15-22(32-14-11-29-9-12-31-13-10-29)5-6-23(19)26-16-20(3-2-8-30(26)18-33)24-17-21(27)4-7-25(24)28/h4-7,15-19,23,26H,2-3,8-14,28H2,1H3. The van der Waals surface area contributed by atoms with Gasteiger partial charge in [-0.05, 0) is 54.7 Å². The predicted octanol–water partition coefficient (Wildman–Crippen LogP) is 4.78. The molecular formula is C26H34ClN3O2S. The molecule has 1 aromatic carbocycles. The van der Waals surface area contributed by atoms with Gasteiger partial charge in [0, 0.05) is 48.4 Å². The first-order chi connectivity index (χ1) is 16.0. The molecule has 3 unspecified atom stereocenters. The highest BCUT2D eigenvalue weighted by Crippen LogP contribution is 2.36. The third-order valence-corrected chi connectivity index (χ3v) is 7.31. The number of benzene rings is 1. The number of nitrogens with zero attached hydrogens (tertiary/aromatic N) is 2. The highest BCUT2D eigenvalue weighted by Gasteiger charge is 2.30. The van der Waals surface area contributed by atoms with E-state index in [2.05, 4.69) is 41.0 Å². The summed E-state index contributed by atoms with van der Waals surface area (Å²) in [5, 5.41) is 0.709. The molecule has 1 aliphatic carbocycles. The second kappa shape index (κ2) is 11.5. The van der Waals surface area contributed by atoms with Gasteiger partial charge in [0.1, 0.15) is 12.4 Å². The highest BCUT2D eigenvalue weighted by atomic mass is 35.5. The smallest absolute Gasteiger partial charge is 0.115 e. The summed E-state index contributed by atoms with van der Waals surface area (Å²) in [5.74, 6) is 1.57. The lowest BCUT2D eigenvalue weighted by Gasteiger charge is -2.35. The van der Waals surface area contributed by atoms with E-state index in [9.17, 15) is 0 Å². The van der Waals surface area contributed by atoms with Crippen molar-refractivity contribution in [2.24, 2.45) is 11.8 Å². The Morgan fingerprint density at radius 2 is 2.06 bits per heavy atom. The van der Waals surface area contributed by atoms with Gasteiger partial charge < -0.3 is 20.1 Å². The van der Waals surface area contributed by atoms with Crippen molar-refractivity contribution < 1.29 is 9.47 Å². The lowest BCUT2D eigenvalue weighted by Crippen LogP contribution is -2.40. The molecule has 33 heavy (non-hydrogen) atoms. The lowest BCUT2D eigenvalue weighted by atomic mass is 9.82. The molecule has 0 saturated carbocycles. The maximum absolute atomic E-state index is 6.32. The maximum Gasteiger partial charge on any atom is 0.115 e. The van der Waals surface area contributed by atoms with Crippen LogP contribution in [0.2, 0.25) is 5.02 Å². The molecular weight excluding hydrogens is 454 g/mol. The van der Waals surface area contributed by atoms with E-state index in [0.717, 1.165) is 69.2 Å². The Morgan fingerprint density at radius 3 is 2.82 bits per heavy atom. The van der Waals surface area contributed by atoms with Crippen LogP contribution in [0.1, 0.15) is 25.3 Å². The normalized spacial score (nSPS) is 26.4. The van der Waals surface area contributed by atoms with Gasteiger partial charge in [0.05, 0.1) is 24.7 Å². The average molecular weight is 488 g/mol. The number of hydrogen-bond donors (Lipinski definition) is 1. The Balaban J connectivity index is 1.47. The van der Waals surface area contributed by atoms with Gasteiger partial charge >= 0.3 is 0 Å². The van der Waals surface area contributed by atoms with Gasteiger partial charge in [0.2, 0.25) is 0 Å². The van der Waals surface area contributed by atoms with Crippen LogP contribution < -0.4 is 5.73 Å². The fourth-order valence-corrected chi connectivity index (χ4v) is 5.34. The van der Waals surface area contributed by atoms with Crippen LogP contribution in [-0.2, 0) is 9.47 Å². The monoisotopic (exact) mass is 487 g/mol. The van der Waals surface area contributed by atoms with E-state index in [1.54, 1.807) is 0 Å². The van der Waals surface area contributed by atoms with Gasteiger partial charge in [-0.1, -0.05) is 42.9 Å². The molecule has 2 N–H and O–H groups in total. The van der Waals surface area contributed by atoms with Gasteiger partial charge in [0.25, 0.3) is 0 Å². The van der Waals surface area contributed by atoms with Gasteiger partial charge in [-0.3, -0.25) is 4.90 Å². The summed E-state index contributed by atoms with van der Waals surface area (Å²) in [6, 6.07) is 5.88. The van der Waals surface area contributed by atoms with Crippen LogP contribution >= 0.6 is 23.8 Å². The number of thiocarbonyl (C=S) groups is 1. The molecule has 4 rings (SSSR count). The fourth-order valence-electron chi connectivity index (χ4n) is 4.92. The minimum atomic E-state index is 0.163. The van der Waals surface area contributed by atoms with E-state index >= 15 is 0 Å². The molecule has 3 aliphatic rings. The summed E-state index contributed by atoms with van der Waals surface area (Å²) in [5.41, 5.74) is 11.2. The number of anilines is 1. The van der Waals surface area contributed by atoms with Gasteiger partial charge in [0.15, 0.2) is 0 Å². The van der Waals surface area contributed by atoms with Crippen LogP contribution in [-0.4, -0.2) is 67.3 Å². The molecule has 0 radical (unpaired) electrons. The summed E-state index contributed by atoms with van der Waals surface area (Å²) in [7, 11) is 0. The van der Waals surface area contributed by atoms with Gasteiger partial charge in [-0.2, -0.15) is 0 Å². The van der Waals surface area contributed by atoms with Gasteiger partial charge in [-0.25, -0.2) is 0 Å². The minimum absolute atomic E-state index is 0.163. The number of nitrogen functional groups attached to an aromatic ring is 1. The van der Waals surface area contributed by atoms with Crippen LogP contribution in [0, 0.1) is 11.8 Å². The van der Waals surface area contributed by atoms with Crippen LogP contribution in [0.15, 0.2) is 48.3 Å². The first-order valence-corrected chi connectivity index (χ1v) is 12.7. The van der Waals surface area contributed by atoms with E-state index in [-0.39, 0.29) is 6.04 Å². The Labute approximate surface area is 207 Å². The van der Waals surface area contributed by atoms with Crippen molar-refractivity contribution in [1.82, 2.24) is 9.80 Å². The van der Waals surface area contributed by atoms with Gasteiger partial charge in [-0.15, -0.1) is 0 Å². The van der Waals surface area contributed by atoms with Crippen molar-refractivity contribution in [2.45, 2.75) is 25.8 Å². The maximum atomic E-state index is 6.32. The summed E-state index contributed by atoms with van der Waals surface area (Å²) in [4.78, 5) is 4.67. The fraction of sp³-hybridized carbons (Fsp3) is 0.500. The predicted molar refractivity (Wildman–Crippen MR) is 140 cm³/mol. The molecule has 0 amide bonds. The first-order valence-electron chi connectivity index (χ1n) is 11.8. The second-order valence-corrected chi connectivity index (χ2v) is 9.68. The molecule has 0 aromatic heterocycles. The molecule has 2 heterocycles. The number of halogens is 1. The summed E-state index contributed by atoms with van der Waals surface area (Å²) >= 11 is 11.7. The molecule has 1 fully saturated rings. The highest BCUT2D eigenvalue weighted by molar-refractivity contribution is 7.78. The summed E-state index contributed by atoms with van der Waals surface area (Å²) in [6.45, 7) is 8.41. The first kappa shape index (κ1) is 24.3. The van der Waals surface area contributed by atoms with Crippen LogP contribution in [0.3, 0.4) is 0 Å². The Bertz CT molecular complexity index is 926. The third kappa shape index (κ3) is 6.18. The van der Waals surface area contributed by atoms with Crippen molar-refractivity contribution in [3.63, 3.8) is 0 Å². The third-order valence-electron chi connectivity index (χ3n) is 6.81. The minimum Gasteiger partial charge on any atom is -0.493 e. The van der Waals surface area contributed by atoms with Crippen molar-refractivity contribution in [3.05, 3.63) is 58.8 Å². The number of allylic oxidation sites excluding steroid dienone is 3. The summed E-state index contributed by atoms with van der Waals surface area (Å²) < 4.78 is 11.5. The zero-order chi connectivity index (χ0) is 23.2. The number of ether oxygens (including phenoxy) is 2. The number of nitrogens with two attached hydrogens (primary N) is 1. The van der Waals surface area contributed by atoms with Crippen LogP contribution in [0.25, 0.3) is 5.57 Å². The largest absolute Gasteiger partial charge is 0.493 e. The van der Waals surface area contributed by atoms with Crippen molar-refractivity contribution in [3.8, 4) is 0 Å². The zero-order valence-corrected chi connectivity index (χ0v) is 20.9. The van der Waals surface area contributed by atoms with Crippen molar-refractivity contribution in [2.75, 3.05) is 51.7 Å².